The van der Waals surface area contributed by atoms with Crippen LogP contribution in [0.4, 0.5) is 0 Å². The van der Waals surface area contributed by atoms with E-state index in [4.69, 9.17) is 4.74 Å². The van der Waals surface area contributed by atoms with E-state index in [1.165, 1.54) is 50.9 Å². The van der Waals surface area contributed by atoms with Gasteiger partial charge in [-0.1, -0.05) is 30.7 Å². The predicted octanol–water partition coefficient (Wildman–Crippen LogP) is 3.32. The van der Waals surface area contributed by atoms with Crippen LogP contribution in [-0.4, -0.2) is 43.8 Å². The lowest BCUT2D eigenvalue weighted by molar-refractivity contribution is 0.143. The van der Waals surface area contributed by atoms with Crippen LogP contribution in [-0.2, 0) is 11.2 Å². The highest BCUT2D eigenvalue weighted by molar-refractivity contribution is 5.38. The van der Waals surface area contributed by atoms with Crippen LogP contribution < -0.4 is 5.32 Å². The molecule has 1 aliphatic carbocycles. The van der Waals surface area contributed by atoms with E-state index in [0.29, 0.717) is 12.1 Å². The second-order valence-corrected chi connectivity index (χ2v) is 8.33. The Morgan fingerprint density at radius 3 is 2.79 bits per heavy atom. The Morgan fingerprint density at radius 1 is 1.21 bits per heavy atom. The van der Waals surface area contributed by atoms with Crippen LogP contribution >= 0.6 is 0 Å². The lowest BCUT2D eigenvalue weighted by atomic mass is 9.97. The molecule has 0 saturated carbocycles. The minimum absolute atomic E-state index is 0.555. The van der Waals surface area contributed by atoms with Gasteiger partial charge in [0.05, 0.1) is 6.61 Å². The van der Waals surface area contributed by atoms with Gasteiger partial charge in [-0.05, 0) is 68.7 Å². The number of fused-ring (bicyclic) bond motifs is 1. The summed E-state index contributed by atoms with van der Waals surface area (Å²) in [5.41, 5.74) is 4.51. The maximum atomic E-state index is 5.52. The molecule has 1 aromatic rings. The van der Waals surface area contributed by atoms with Crippen LogP contribution in [0, 0.1) is 18.8 Å². The quantitative estimate of drug-likeness (QED) is 0.918. The summed E-state index contributed by atoms with van der Waals surface area (Å²) in [5, 5.41) is 4.01. The minimum Gasteiger partial charge on any atom is -0.381 e. The molecule has 2 fully saturated rings. The number of rotatable bonds is 4. The number of nitrogens with one attached hydrogen (secondary N) is 1. The summed E-state index contributed by atoms with van der Waals surface area (Å²) in [6.45, 7) is 10.3. The average Bonchev–Trinajstić information content (AvgIpc) is 3.18. The molecule has 1 aromatic carbocycles. The topological polar surface area (TPSA) is 24.5 Å². The summed E-state index contributed by atoms with van der Waals surface area (Å²) >= 11 is 0. The van der Waals surface area contributed by atoms with E-state index < -0.39 is 0 Å². The average molecular weight is 329 g/mol. The van der Waals surface area contributed by atoms with E-state index in [1.54, 1.807) is 11.1 Å². The van der Waals surface area contributed by atoms with E-state index in [1.807, 2.05) is 0 Å². The predicted molar refractivity (Wildman–Crippen MR) is 98.3 cm³/mol. The van der Waals surface area contributed by atoms with Gasteiger partial charge in [-0.15, -0.1) is 0 Å². The van der Waals surface area contributed by atoms with Crippen molar-refractivity contribution in [1.82, 2.24) is 10.2 Å². The molecule has 132 valence electrons. The zero-order valence-electron chi connectivity index (χ0n) is 15.3. The maximum absolute atomic E-state index is 5.52. The number of aryl methyl sites for hydroxylation is 1. The van der Waals surface area contributed by atoms with Crippen molar-refractivity contribution >= 4 is 0 Å². The molecule has 0 amide bonds. The third-order valence-corrected chi connectivity index (χ3v) is 6.29. The van der Waals surface area contributed by atoms with Gasteiger partial charge >= 0.3 is 0 Å². The fourth-order valence-electron chi connectivity index (χ4n) is 4.84. The molecular weight excluding hydrogens is 296 g/mol. The molecule has 2 heterocycles. The van der Waals surface area contributed by atoms with Crippen molar-refractivity contribution in [3.63, 3.8) is 0 Å². The zero-order chi connectivity index (χ0) is 16.5. The number of piperidine rings is 1. The molecule has 2 aliphatic heterocycles. The molecule has 1 N–H and O–H groups in total. The summed E-state index contributed by atoms with van der Waals surface area (Å²) in [5.74, 6) is 1.50. The molecule has 3 atom stereocenters. The van der Waals surface area contributed by atoms with Crippen LogP contribution in [0.3, 0.4) is 0 Å². The summed E-state index contributed by atoms with van der Waals surface area (Å²) < 4.78 is 5.52. The van der Waals surface area contributed by atoms with Crippen molar-refractivity contribution < 1.29 is 4.74 Å². The van der Waals surface area contributed by atoms with E-state index in [9.17, 15) is 0 Å². The molecule has 3 heteroatoms. The van der Waals surface area contributed by atoms with Gasteiger partial charge in [-0.25, -0.2) is 0 Å². The van der Waals surface area contributed by atoms with Crippen molar-refractivity contribution in [1.29, 1.82) is 0 Å². The third-order valence-electron chi connectivity index (χ3n) is 6.29. The second-order valence-electron chi connectivity index (χ2n) is 8.33. The standard InChI is InChI=1S/C21H32N2O/c1-15-3-4-18-12-16(2)21(20(18)11-15)22-19-5-8-23(9-6-19)13-17-7-10-24-14-17/h3-4,11,16-17,19,21-22H,5-10,12-14H2,1-2H3/t16-,17-,21+/m0/s1. The van der Waals surface area contributed by atoms with Gasteiger partial charge in [-0.2, -0.15) is 0 Å². The first-order valence-corrected chi connectivity index (χ1v) is 9.84. The molecular formula is C21H32N2O. The van der Waals surface area contributed by atoms with E-state index in [-0.39, 0.29) is 0 Å². The molecule has 4 rings (SSSR count). The number of ether oxygens (including phenoxy) is 1. The highest BCUT2D eigenvalue weighted by Crippen LogP contribution is 2.37. The van der Waals surface area contributed by atoms with Crippen molar-refractivity contribution in [2.24, 2.45) is 11.8 Å². The van der Waals surface area contributed by atoms with Gasteiger partial charge in [0, 0.05) is 25.2 Å². The number of hydrogen-bond acceptors (Lipinski definition) is 3. The van der Waals surface area contributed by atoms with Crippen LogP contribution in [0.2, 0.25) is 0 Å². The Bertz CT molecular complexity index is 559. The monoisotopic (exact) mass is 328 g/mol. The van der Waals surface area contributed by atoms with E-state index in [0.717, 1.165) is 25.0 Å². The van der Waals surface area contributed by atoms with Gasteiger partial charge < -0.3 is 15.0 Å². The molecule has 0 bridgehead atoms. The van der Waals surface area contributed by atoms with E-state index >= 15 is 0 Å². The SMILES string of the molecule is Cc1ccc2c(c1)[C@H](NC1CCN(C[C@@H]3CCOC3)CC1)[C@@H](C)C2. The molecule has 2 saturated heterocycles. The highest BCUT2D eigenvalue weighted by atomic mass is 16.5. The summed E-state index contributed by atoms with van der Waals surface area (Å²) in [7, 11) is 0. The van der Waals surface area contributed by atoms with Crippen LogP contribution in [0.1, 0.15) is 48.9 Å². The van der Waals surface area contributed by atoms with Crippen molar-refractivity contribution in [3.8, 4) is 0 Å². The molecule has 3 aliphatic rings. The fourth-order valence-corrected chi connectivity index (χ4v) is 4.84. The van der Waals surface area contributed by atoms with Crippen molar-refractivity contribution in [2.75, 3.05) is 32.8 Å². The zero-order valence-corrected chi connectivity index (χ0v) is 15.3. The Morgan fingerprint density at radius 2 is 2.04 bits per heavy atom. The van der Waals surface area contributed by atoms with E-state index in [2.05, 4.69) is 42.3 Å². The first-order valence-electron chi connectivity index (χ1n) is 9.84. The lowest BCUT2D eigenvalue weighted by Gasteiger charge is -2.36. The third kappa shape index (κ3) is 3.54. The van der Waals surface area contributed by atoms with Crippen LogP contribution in [0.25, 0.3) is 0 Å². The van der Waals surface area contributed by atoms with Crippen molar-refractivity contribution in [2.45, 2.75) is 51.6 Å². The Hall–Kier alpha value is -0.900. The molecule has 24 heavy (non-hydrogen) atoms. The number of likely N-dealkylation sites (tertiary alicyclic amines) is 1. The molecule has 0 unspecified atom stereocenters. The molecule has 0 aromatic heterocycles. The number of nitrogens with zero attached hydrogens (tertiary/aromatic N) is 1. The molecule has 0 radical (unpaired) electrons. The lowest BCUT2D eigenvalue weighted by Crippen LogP contribution is -2.45. The normalized spacial score (nSPS) is 31.5. The smallest absolute Gasteiger partial charge is 0.0507 e. The molecule has 0 spiro atoms. The number of hydrogen-bond donors (Lipinski definition) is 1. The Balaban J connectivity index is 1.32. The summed E-state index contributed by atoms with van der Waals surface area (Å²) in [6, 6.07) is 8.25. The second kappa shape index (κ2) is 7.15. The van der Waals surface area contributed by atoms with Gasteiger partial charge in [0.1, 0.15) is 0 Å². The van der Waals surface area contributed by atoms with Gasteiger partial charge in [-0.3, -0.25) is 0 Å². The van der Waals surface area contributed by atoms with Crippen LogP contribution in [0.5, 0.6) is 0 Å². The summed E-state index contributed by atoms with van der Waals surface area (Å²) in [6.07, 6.45) is 5.07. The van der Waals surface area contributed by atoms with Crippen molar-refractivity contribution in [3.05, 3.63) is 34.9 Å². The highest BCUT2D eigenvalue weighted by Gasteiger charge is 2.32. The first-order chi connectivity index (χ1) is 11.7. The first kappa shape index (κ1) is 16.6. The maximum Gasteiger partial charge on any atom is 0.0507 e. The minimum atomic E-state index is 0.555. The number of benzene rings is 1. The fraction of sp³-hybridized carbons (Fsp3) is 0.714. The largest absolute Gasteiger partial charge is 0.381 e. The Labute approximate surface area is 146 Å². The van der Waals surface area contributed by atoms with Gasteiger partial charge in [0.25, 0.3) is 0 Å². The van der Waals surface area contributed by atoms with Gasteiger partial charge in [0.15, 0.2) is 0 Å². The summed E-state index contributed by atoms with van der Waals surface area (Å²) in [4.78, 5) is 2.66. The molecule has 3 nitrogen and oxygen atoms in total. The van der Waals surface area contributed by atoms with Gasteiger partial charge in [0.2, 0.25) is 0 Å². The Kier molecular flexibility index (Phi) is 4.93. The van der Waals surface area contributed by atoms with Crippen LogP contribution in [0.15, 0.2) is 18.2 Å².